The summed E-state index contributed by atoms with van der Waals surface area (Å²) in [6.45, 7) is 4.08. The van der Waals surface area contributed by atoms with Crippen LogP contribution in [-0.2, 0) is 0 Å². The second kappa shape index (κ2) is 4.79. The first-order valence-electron chi connectivity index (χ1n) is 5.82. The molecule has 0 saturated carbocycles. The summed E-state index contributed by atoms with van der Waals surface area (Å²) in [5.41, 5.74) is 0.759. The first-order chi connectivity index (χ1) is 9.11. The molecule has 0 aliphatic heterocycles. The number of halogens is 1. The maximum atomic E-state index is 5.91. The Labute approximate surface area is 119 Å². The van der Waals surface area contributed by atoms with Crippen molar-refractivity contribution in [2.75, 3.05) is 5.32 Å². The summed E-state index contributed by atoms with van der Waals surface area (Å²) in [6, 6.07) is 3.70. The molecule has 0 amide bonds. The average Bonchev–Trinajstić information content (AvgIpc) is 2.94. The van der Waals surface area contributed by atoms with Crippen LogP contribution in [0.1, 0.15) is 22.9 Å². The molecule has 0 bridgehead atoms. The van der Waals surface area contributed by atoms with Crippen LogP contribution in [0.4, 0.5) is 5.95 Å². The largest absolute Gasteiger partial charge is 0.344 e. The highest BCUT2D eigenvalue weighted by atomic mass is 35.5. The minimum Gasteiger partial charge on any atom is -0.344 e. The van der Waals surface area contributed by atoms with Crippen LogP contribution in [0.3, 0.4) is 0 Å². The van der Waals surface area contributed by atoms with Gasteiger partial charge in [0.1, 0.15) is 5.01 Å². The van der Waals surface area contributed by atoms with E-state index in [1.807, 2.05) is 26.1 Å². The quantitative estimate of drug-likeness (QED) is 0.805. The zero-order chi connectivity index (χ0) is 13.4. The van der Waals surface area contributed by atoms with Gasteiger partial charge in [-0.2, -0.15) is 4.98 Å². The number of thiazole rings is 1. The molecule has 0 fully saturated rings. The van der Waals surface area contributed by atoms with Crippen LogP contribution in [0, 0.1) is 6.92 Å². The third-order valence-corrected chi connectivity index (χ3v) is 3.97. The van der Waals surface area contributed by atoms with E-state index in [0.717, 1.165) is 10.7 Å². The van der Waals surface area contributed by atoms with Gasteiger partial charge in [-0.3, -0.25) is 0 Å². The lowest BCUT2D eigenvalue weighted by molar-refractivity contribution is 0.842. The van der Waals surface area contributed by atoms with Gasteiger partial charge in [-0.25, -0.2) is 9.50 Å². The third kappa shape index (κ3) is 2.54. The number of nitrogens with zero attached hydrogens (tertiary/aromatic N) is 4. The van der Waals surface area contributed by atoms with Crippen LogP contribution in [0.15, 0.2) is 24.5 Å². The van der Waals surface area contributed by atoms with Crippen LogP contribution in [-0.4, -0.2) is 19.6 Å². The Balaban J connectivity index is 1.85. The van der Waals surface area contributed by atoms with Gasteiger partial charge in [-0.1, -0.05) is 11.6 Å². The monoisotopic (exact) mass is 293 g/mol. The summed E-state index contributed by atoms with van der Waals surface area (Å²) in [5.74, 6) is 0.572. The molecule has 3 heterocycles. The lowest BCUT2D eigenvalue weighted by Crippen LogP contribution is -2.07. The van der Waals surface area contributed by atoms with Gasteiger partial charge in [0, 0.05) is 17.3 Å². The minimum absolute atomic E-state index is 0.0755. The topological polar surface area (TPSA) is 55.1 Å². The summed E-state index contributed by atoms with van der Waals surface area (Å²) in [7, 11) is 0. The lowest BCUT2D eigenvalue weighted by atomic mass is 10.4. The molecule has 0 aliphatic rings. The highest BCUT2D eigenvalue weighted by Crippen LogP contribution is 2.22. The Kier molecular flexibility index (Phi) is 3.12. The van der Waals surface area contributed by atoms with Gasteiger partial charge in [0.25, 0.3) is 0 Å². The number of pyridine rings is 1. The fourth-order valence-corrected chi connectivity index (χ4v) is 2.68. The van der Waals surface area contributed by atoms with Crippen LogP contribution in [0.2, 0.25) is 5.02 Å². The molecule has 3 aromatic heterocycles. The molecule has 7 heteroatoms. The fraction of sp³-hybridized carbons (Fsp3) is 0.250. The summed E-state index contributed by atoms with van der Waals surface area (Å²) in [5, 5.41) is 9.23. The molecule has 1 N–H and O–H groups in total. The van der Waals surface area contributed by atoms with Crippen LogP contribution >= 0.6 is 22.9 Å². The average molecular weight is 294 g/mol. The van der Waals surface area contributed by atoms with E-state index in [1.165, 1.54) is 4.88 Å². The van der Waals surface area contributed by atoms with Crippen molar-refractivity contribution >= 4 is 34.5 Å². The van der Waals surface area contributed by atoms with Gasteiger partial charge >= 0.3 is 0 Å². The van der Waals surface area contributed by atoms with E-state index in [2.05, 4.69) is 20.4 Å². The minimum atomic E-state index is 0.0755. The number of anilines is 1. The molecule has 0 spiro atoms. The SMILES string of the molecule is Cc1cnc(C(C)Nc2nc3ccc(Cl)cn3n2)s1. The van der Waals surface area contributed by atoms with Crippen molar-refractivity contribution in [1.29, 1.82) is 0 Å². The maximum absolute atomic E-state index is 5.91. The standard InChI is InChI=1S/C12H12ClN5S/c1-7-5-14-11(19-7)8(2)15-12-16-10-4-3-9(13)6-18(10)17-12/h3-6,8H,1-2H3,(H,15,17). The number of aryl methyl sites for hydroxylation is 1. The third-order valence-electron chi connectivity index (χ3n) is 2.65. The van der Waals surface area contributed by atoms with Crippen LogP contribution in [0.5, 0.6) is 0 Å². The van der Waals surface area contributed by atoms with E-state index in [1.54, 1.807) is 28.1 Å². The van der Waals surface area contributed by atoms with E-state index in [0.29, 0.717) is 11.0 Å². The number of fused-ring (bicyclic) bond motifs is 1. The molecule has 1 atom stereocenters. The highest BCUT2D eigenvalue weighted by Gasteiger charge is 2.12. The number of aromatic nitrogens is 4. The second-order valence-corrected chi connectivity index (χ2v) is 5.96. The number of hydrogen-bond donors (Lipinski definition) is 1. The predicted molar refractivity (Wildman–Crippen MR) is 76.9 cm³/mol. The molecule has 0 aliphatic carbocycles. The molecule has 19 heavy (non-hydrogen) atoms. The zero-order valence-electron chi connectivity index (χ0n) is 10.5. The highest BCUT2D eigenvalue weighted by molar-refractivity contribution is 7.11. The maximum Gasteiger partial charge on any atom is 0.243 e. The smallest absolute Gasteiger partial charge is 0.243 e. The molecule has 0 aromatic carbocycles. The van der Waals surface area contributed by atoms with Gasteiger partial charge in [-0.05, 0) is 26.0 Å². The van der Waals surface area contributed by atoms with Gasteiger partial charge in [-0.15, -0.1) is 16.4 Å². The van der Waals surface area contributed by atoms with Crippen molar-refractivity contribution in [1.82, 2.24) is 19.6 Å². The molecular weight excluding hydrogens is 282 g/mol. The van der Waals surface area contributed by atoms with Crippen molar-refractivity contribution in [2.45, 2.75) is 19.9 Å². The molecule has 5 nitrogen and oxygen atoms in total. The molecule has 98 valence electrons. The molecule has 3 rings (SSSR count). The second-order valence-electron chi connectivity index (χ2n) is 4.26. The molecule has 3 aromatic rings. The van der Waals surface area contributed by atoms with Crippen molar-refractivity contribution in [3.63, 3.8) is 0 Å². The Morgan fingerprint density at radius 3 is 3.00 bits per heavy atom. The van der Waals surface area contributed by atoms with Crippen LogP contribution in [0.25, 0.3) is 5.65 Å². The summed E-state index contributed by atoms with van der Waals surface area (Å²) in [4.78, 5) is 9.93. The molecule has 0 radical (unpaired) electrons. The summed E-state index contributed by atoms with van der Waals surface area (Å²) >= 11 is 7.58. The Morgan fingerprint density at radius 2 is 2.26 bits per heavy atom. The summed E-state index contributed by atoms with van der Waals surface area (Å²) < 4.78 is 1.66. The zero-order valence-corrected chi connectivity index (χ0v) is 12.0. The van der Waals surface area contributed by atoms with Gasteiger partial charge in [0.2, 0.25) is 5.95 Å². The van der Waals surface area contributed by atoms with E-state index < -0.39 is 0 Å². The van der Waals surface area contributed by atoms with Crippen molar-refractivity contribution in [3.05, 3.63) is 39.4 Å². The van der Waals surface area contributed by atoms with E-state index in [-0.39, 0.29) is 6.04 Å². The molecule has 0 saturated heterocycles. The van der Waals surface area contributed by atoms with Crippen molar-refractivity contribution < 1.29 is 0 Å². The molecule has 1 unspecified atom stereocenters. The predicted octanol–water partition coefficient (Wildman–Crippen LogP) is 3.32. The Morgan fingerprint density at radius 1 is 1.42 bits per heavy atom. The Hall–Kier alpha value is -1.66. The van der Waals surface area contributed by atoms with E-state index >= 15 is 0 Å². The van der Waals surface area contributed by atoms with Crippen molar-refractivity contribution in [2.24, 2.45) is 0 Å². The number of nitrogens with one attached hydrogen (secondary N) is 1. The fourth-order valence-electron chi connectivity index (χ4n) is 1.75. The number of rotatable bonds is 3. The first-order valence-corrected chi connectivity index (χ1v) is 7.02. The first kappa shape index (κ1) is 12.4. The normalized spacial score (nSPS) is 12.8. The molecular formula is C12H12ClN5S. The van der Waals surface area contributed by atoms with Crippen molar-refractivity contribution in [3.8, 4) is 0 Å². The Bertz CT molecular complexity index is 720. The van der Waals surface area contributed by atoms with Gasteiger partial charge < -0.3 is 5.32 Å². The van der Waals surface area contributed by atoms with E-state index in [4.69, 9.17) is 11.6 Å². The number of hydrogen-bond acceptors (Lipinski definition) is 5. The summed E-state index contributed by atoms with van der Waals surface area (Å²) in [6.07, 6.45) is 3.60. The lowest BCUT2D eigenvalue weighted by Gasteiger charge is -2.07. The van der Waals surface area contributed by atoms with Crippen LogP contribution < -0.4 is 5.32 Å². The van der Waals surface area contributed by atoms with E-state index in [9.17, 15) is 0 Å². The van der Waals surface area contributed by atoms with Gasteiger partial charge in [0.15, 0.2) is 5.65 Å². The van der Waals surface area contributed by atoms with Gasteiger partial charge in [0.05, 0.1) is 11.1 Å².